The summed E-state index contributed by atoms with van der Waals surface area (Å²) in [5.41, 5.74) is 2.65. The number of rotatable bonds is 6. The molecule has 0 aliphatic carbocycles. The Bertz CT molecular complexity index is 630. The van der Waals surface area contributed by atoms with E-state index in [1.807, 2.05) is 31.2 Å². The first kappa shape index (κ1) is 15.7. The molecule has 23 heavy (non-hydrogen) atoms. The van der Waals surface area contributed by atoms with Gasteiger partial charge in [0.1, 0.15) is 6.61 Å². The number of nitrogens with zero attached hydrogens (tertiary/aromatic N) is 1. The van der Waals surface area contributed by atoms with E-state index in [2.05, 4.69) is 34.5 Å². The third-order valence-electron chi connectivity index (χ3n) is 3.97. The van der Waals surface area contributed by atoms with Gasteiger partial charge in [-0.25, -0.2) is 0 Å². The van der Waals surface area contributed by atoms with Gasteiger partial charge in [0.05, 0.1) is 13.2 Å². The number of anilines is 1. The standard InChI is InChI=1S/C19H24N2O2/c1-2-22-18-9-5-6-10-19(18)23-14-13-21-12-11-20-15-16-7-3-4-8-17(16)21/h3-10,20H,2,11-15H2,1H3. The molecule has 2 aromatic rings. The van der Waals surface area contributed by atoms with Gasteiger partial charge in [0, 0.05) is 25.3 Å². The summed E-state index contributed by atoms with van der Waals surface area (Å²) in [7, 11) is 0. The van der Waals surface area contributed by atoms with Crippen LogP contribution < -0.4 is 19.7 Å². The second kappa shape index (κ2) is 7.88. The summed E-state index contributed by atoms with van der Waals surface area (Å²) in [5.74, 6) is 1.63. The zero-order valence-electron chi connectivity index (χ0n) is 13.6. The summed E-state index contributed by atoms with van der Waals surface area (Å²) >= 11 is 0. The first-order valence-corrected chi connectivity index (χ1v) is 8.26. The quantitative estimate of drug-likeness (QED) is 0.889. The number of fused-ring (bicyclic) bond motifs is 1. The van der Waals surface area contributed by atoms with E-state index in [1.165, 1.54) is 11.3 Å². The number of nitrogens with one attached hydrogen (secondary N) is 1. The van der Waals surface area contributed by atoms with E-state index in [-0.39, 0.29) is 0 Å². The molecule has 0 atom stereocenters. The molecule has 0 aromatic heterocycles. The Kier molecular flexibility index (Phi) is 5.37. The SMILES string of the molecule is CCOc1ccccc1OCCN1CCNCc2ccccc21. The van der Waals surface area contributed by atoms with Crippen LogP contribution in [0.15, 0.2) is 48.5 Å². The summed E-state index contributed by atoms with van der Waals surface area (Å²) in [5, 5.41) is 3.46. The predicted octanol–water partition coefficient (Wildman–Crippen LogP) is 3.07. The van der Waals surface area contributed by atoms with Gasteiger partial charge < -0.3 is 19.7 Å². The second-order valence-electron chi connectivity index (χ2n) is 5.52. The highest BCUT2D eigenvalue weighted by Crippen LogP contribution is 2.27. The van der Waals surface area contributed by atoms with Crippen LogP contribution in [0.4, 0.5) is 5.69 Å². The fourth-order valence-corrected chi connectivity index (χ4v) is 2.87. The molecule has 0 amide bonds. The van der Waals surface area contributed by atoms with Crippen LogP contribution in [0.1, 0.15) is 12.5 Å². The van der Waals surface area contributed by atoms with Crippen molar-refractivity contribution in [2.75, 3.05) is 37.7 Å². The molecule has 2 aromatic carbocycles. The van der Waals surface area contributed by atoms with Gasteiger partial charge in [-0.3, -0.25) is 0 Å². The molecule has 4 heteroatoms. The lowest BCUT2D eigenvalue weighted by Crippen LogP contribution is -2.32. The van der Waals surface area contributed by atoms with Crippen molar-refractivity contribution in [3.63, 3.8) is 0 Å². The lowest BCUT2D eigenvalue weighted by Gasteiger charge is -2.24. The molecular formula is C19H24N2O2. The first-order valence-electron chi connectivity index (χ1n) is 8.26. The van der Waals surface area contributed by atoms with E-state index in [0.29, 0.717) is 13.2 Å². The normalized spacial score (nSPS) is 14.0. The van der Waals surface area contributed by atoms with Crippen molar-refractivity contribution in [1.82, 2.24) is 5.32 Å². The Morgan fingerprint density at radius 3 is 2.57 bits per heavy atom. The van der Waals surface area contributed by atoms with Crippen LogP contribution in [0.25, 0.3) is 0 Å². The van der Waals surface area contributed by atoms with Crippen molar-refractivity contribution in [1.29, 1.82) is 0 Å². The average molecular weight is 312 g/mol. The number of ether oxygens (including phenoxy) is 2. The van der Waals surface area contributed by atoms with Crippen molar-refractivity contribution in [3.05, 3.63) is 54.1 Å². The molecule has 0 bridgehead atoms. The van der Waals surface area contributed by atoms with Crippen molar-refractivity contribution in [2.24, 2.45) is 0 Å². The van der Waals surface area contributed by atoms with Crippen LogP contribution in [0.5, 0.6) is 11.5 Å². The largest absolute Gasteiger partial charge is 0.490 e. The third-order valence-corrected chi connectivity index (χ3v) is 3.97. The van der Waals surface area contributed by atoms with Crippen molar-refractivity contribution >= 4 is 5.69 Å². The molecule has 4 nitrogen and oxygen atoms in total. The van der Waals surface area contributed by atoms with Gasteiger partial charge in [-0.2, -0.15) is 0 Å². The fourth-order valence-electron chi connectivity index (χ4n) is 2.87. The molecular weight excluding hydrogens is 288 g/mol. The fraction of sp³-hybridized carbons (Fsp3) is 0.368. The summed E-state index contributed by atoms with van der Waals surface area (Å²) in [6, 6.07) is 16.4. The van der Waals surface area contributed by atoms with E-state index >= 15 is 0 Å². The molecule has 1 aliphatic heterocycles. The molecule has 1 aliphatic rings. The summed E-state index contributed by atoms with van der Waals surface area (Å²) in [6.45, 7) is 7.04. The maximum atomic E-state index is 5.96. The first-order chi connectivity index (χ1) is 11.4. The van der Waals surface area contributed by atoms with Crippen LogP contribution >= 0.6 is 0 Å². The van der Waals surface area contributed by atoms with Gasteiger partial charge >= 0.3 is 0 Å². The van der Waals surface area contributed by atoms with E-state index in [4.69, 9.17) is 9.47 Å². The summed E-state index contributed by atoms with van der Waals surface area (Å²) in [6.07, 6.45) is 0. The maximum absolute atomic E-state index is 5.96. The van der Waals surface area contributed by atoms with Gasteiger partial charge in [-0.05, 0) is 30.7 Å². The minimum absolute atomic E-state index is 0.637. The number of benzene rings is 2. The highest BCUT2D eigenvalue weighted by Gasteiger charge is 2.14. The van der Waals surface area contributed by atoms with Gasteiger partial charge in [-0.1, -0.05) is 30.3 Å². The molecule has 1 heterocycles. The third kappa shape index (κ3) is 3.96. The van der Waals surface area contributed by atoms with Crippen molar-refractivity contribution in [3.8, 4) is 11.5 Å². The lowest BCUT2D eigenvalue weighted by molar-refractivity contribution is 0.280. The average Bonchev–Trinajstić information content (AvgIpc) is 2.79. The van der Waals surface area contributed by atoms with Gasteiger partial charge in [0.15, 0.2) is 11.5 Å². The molecule has 122 valence electrons. The van der Waals surface area contributed by atoms with Gasteiger partial charge in [-0.15, -0.1) is 0 Å². The minimum atomic E-state index is 0.637. The van der Waals surface area contributed by atoms with Crippen LogP contribution in [0.3, 0.4) is 0 Å². The molecule has 0 saturated carbocycles. The Hall–Kier alpha value is -2.20. The lowest BCUT2D eigenvalue weighted by atomic mass is 10.1. The zero-order chi connectivity index (χ0) is 15.9. The Balaban J connectivity index is 1.63. The number of para-hydroxylation sites is 3. The molecule has 1 N–H and O–H groups in total. The van der Waals surface area contributed by atoms with Crippen LogP contribution in [-0.2, 0) is 6.54 Å². The Morgan fingerprint density at radius 1 is 1.00 bits per heavy atom. The van der Waals surface area contributed by atoms with Crippen molar-refractivity contribution in [2.45, 2.75) is 13.5 Å². The minimum Gasteiger partial charge on any atom is -0.490 e. The molecule has 0 saturated heterocycles. The molecule has 0 spiro atoms. The Morgan fingerprint density at radius 2 is 1.74 bits per heavy atom. The Labute approximate surface area is 138 Å². The van der Waals surface area contributed by atoms with Crippen LogP contribution in [0.2, 0.25) is 0 Å². The van der Waals surface area contributed by atoms with E-state index in [9.17, 15) is 0 Å². The molecule has 0 fully saturated rings. The summed E-state index contributed by atoms with van der Waals surface area (Å²) < 4.78 is 11.6. The monoisotopic (exact) mass is 312 g/mol. The molecule has 0 radical (unpaired) electrons. The maximum Gasteiger partial charge on any atom is 0.161 e. The second-order valence-corrected chi connectivity index (χ2v) is 5.52. The van der Waals surface area contributed by atoms with Gasteiger partial charge in [0.25, 0.3) is 0 Å². The predicted molar refractivity (Wildman–Crippen MR) is 93.5 cm³/mol. The molecule has 0 unspecified atom stereocenters. The van der Waals surface area contributed by atoms with Crippen molar-refractivity contribution < 1.29 is 9.47 Å². The number of hydrogen-bond acceptors (Lipinski definition) is 4. The highest BCUT2D eigenvalue weighted by atomic mass is 16.5. The van der Waals surface area contributed by atoms with E-state index < -0.39 is 0 Å². The van der Waals surface area contributed by atoms with Crippen LogP contribution in [-0.4, -0.2) is 32.8 Å². The zero-order valence-corrected chi connectivity index (χ0v) is 13.6. The van der Waals surface area contributed by atoms with E-state index in [0.717, 1.165) is 37.7 Å². The number of hydrogen-bond donors (Lipinski definition) is 1. The van der Waals surface area contributed by atoms with Gasteiger partial charge in [0.2, 0.25) is 0 Å². The van der Waals surface area contributed by atoms with Crippen LogP contribution in [0, 0.1) is 0 Å². The molecule has 3 rings (SSSR count). The van der Waals surface area contributed by atoms with E-state index in [1.54, 1.807) is 0 Å². The summed E-state index contributed by atoms with van der Waals surface area (Å²) in [4.78, 5) is 2.39. The topological polar surface area (TPSA) is 33.7 Å². The highest BCUT2D eigenvalue weighted by molar-refractivity contribution is 5.54. The smallest absolute Gasteiger partial charge is 0.161 e.